The molecule has 1 N–H and O–H groups in total. The molecule has 0 spiro atoms. The molecule has 20 heavy (non-hydrogen) atoms. The number of amides is 1. The summed E-state index contributed by atoms with van der Waals surface area (Å²) in [5.74, 6) is -0.553. The first-order chi connectivity index (χ1) is 9.54. The van der Waals surface area contributed by atoms with E-state index in [1.807, 2.05) is 6.92 Å². The van der Waals surface area contributed by atoms with Crippen LogP contribution in [0.25, 0.3) is 6.08 Å². The molecule has 0 heterocycles. The molecule has 0 fully saturated rings. The van der Waals surface area contributed by atoms with Crippen LogP contribution in [0.4, 0.5) is 10.1 Å². The molecule has 0 radical (unpaired) electrons. The molecule has 0 bridgehead atoms. The molecule has 0 unspecified atom stereocenters. The summed E-state index contributed by atoms with van der Waals surface area (Å²) >= 11 is 5.85. The minimum atomic E-state index is -0.302. The zero-order valence-corrected chi connectivity index (χ0v) is 11.6. The number of carbonyl (C=O) groups is 1. The molecule has 0 aromatic heterocycles. The molecular formula is C16H13ClFNO. The SMILES string of the molecule is Cc1cc(Cl)ccc1NC(=O)C=Cc1ccc(F)cc1. The Morgan fingerprint density at radius 2 is 1.90 bits per heavy atom. The summed E-state index contributed by atoms with van der Waals surface area (Å²) in [6.45, 7) is 1.87. The van der Waals surface area contributed by atoms with Gasteiger partial charge in [0.1, 0.15) is 5.82 Å². The van der Waals surface area contributed by atoms with Gasteiger partial charge in [0.05, 0.1) is 0 Å². The number of carbonyl (C=O) groups excluding carboxylic acids is 1. The van der Waals surface area contributed by atoms with Crippen LogP contribution in [0.3, 0.4) is 0 Å². The highest BCUT2D eigenvalue weighted by molar-refractivity contribution is 6.30. The number of aryl methyl sites for hydroxylation is 1. The van der Waals surface area contributed by atoms with Crippen molar-refractivity contribution >= 4 is 29.3 Å². The van der Waals surface area contributed by atoms with Crippen molar-refractivity contribution < 1.29 is 9.18 Å². The number of anilines is 1. The second kappa shape index (κ2) is 6.35. The zero-order chi connectivity index (χ0) is 14.5. The first kappa shape index (κ1) is 14.3. The van der Waals surface area contributed by atoms with Gasteiger partial charge in [-0.3, -0.25) is 4.79 Å². The van der Waals surface area contributed by atoms with Crippen LogP contribution in [-0.4, -0.2) is 5.91 Å². The van der Waals surface area contributed by atoms with Crippen LogP contribution in [0, 0.1) is 12.7 Å². The van der Waals surface area contributed by atoms with E-state index in [4.69, 9.17) is 11.6 Å². The highest BCUT2D eigenvalue weighted by Crippen LogP contribution is 2.19. The highest BCUT2D eigenvalue weighted by atomic mass is 35.5. The summed E-state index contributed by atoms with van der Waals surface area (Å²) in [5.41, 5.74) is 2.36. The Morgan fingerprint density at radius 1 is 1.20 bits per heavy atom. The van der Waals surface area contributed by atoms with Gasteiger partial charge in [-0.05, 0) is 54.5 Å². The van der Waals surface area contributed by atoms with Crippen LogP contribution in [0.15, 0.2) is 48.5 Å². The molecule has 0 aliphatic rings. The van der Waals surface area contributed by atoms with E-state index < -0.39 is 0 Å². The molecular weight excluding hydrogens is 277 g/mol. The molecule has 102 valence electrons. The predicted molar refractivity (Wildman–Crippen MR) is 80.3 cm³/mol. The molecule has 0 aliphatic heterocycles. The number of nitrogens with one attached hydrogen (secondary N) is 1. The van der Waals surface area contributed by atoms with Crippen molar-refractivity contribution in [3.63, 3.8) is 0 Å². The third kappa shape index (κ3) is 3.93. The summed E-state index contributed by atoms with van der Waals surface area (Å²) in [5, 5.41) is 3.39. The lowest BCUT2D eigenvalue weighted by Gasteiger charge is -2.06. The van der Waals surface area contributed by atoms with Crippen molar-refractivity contribution in [2.24, 2.45) is 0 Å². The van der Waals surface area contributed by atoms with Crippen LogP contribution in [0.1, 0.15) is 11.1 Å². The van der Waals surface area contributed by atoms with Gasteiger partial charge in [0.15, 0.2) is 0 Å². The average molecular weight is 290 g/mol. The van der Waals surface area contributed by atoms with Gasteiger partial charge in [-0.25, -0.2) is 4.39 Å². The predicted octanol–water partition coefficient (Wildman–Crippen LogP) is 4.44. The van der Waals surface area contributed by atoms with Gasteiger partial charge in [-0.15, -0.1) is 0 Å². The lowest BCUT2D eigenvalue weighted by Crippen LogP contribution is -2.08. The Labute approximate surface area is 121 Å². The van der Waals surface area contributed by atoms with Crippen LogP contribution in [-0.2, 0) is 4.79 Å². The van der Waals surface area contributed by atoms with Crippen molar-refractivity contribution in [1.82, 2.24) is 0 Å². The molecule has 2 aromatic rings. The van der Waals surface area contributed by atoms with E-state index in [0.29, 0.717) is 10.7 Å². The van der Waals surface area contributed by atoms with E-state index in [1.54, 1.807) is 36.4 Å². The third-order valence-corrected chi connectivity index (χ3v) is 2.98. The van der Waals surface area contributed by atoms with Gasteiger partial charge < -0.3 is 5.32 Å². The molecule has 0 aliphatic carbocycles. The summed E-state index contributed by atoms with van der Waals surface area (Å²) in [6.07, 6.45) is 3.03. The van der Waals surface area contributed by atoms with Crippen LogP contribution >= 0.6 is 11.6 Å². The standard InChI is InChI=1S/C16H13ClFNO/c1-11-10-13(17)5-8-15(11)19-16(20)9-4-12-2-6-14(18)7-3-12/h2-10H,1H3,(H,19,20). The summed E-state index contributed by atoms with van der Waals surface area (Å²) in [4.78, 5) is 11.8. The maximum Gasteiger partial charge on any atom is 0.248 e. The van der Waals surface area contributed by atoms with Gasteiger partial charge in [0, 0.05) is 16.8 Å². The summed E-state index contributed by atoms with van der Waals surface area (Å²) in [6, 6.07) is 11.1. The van der Waals surface area contributed by atoms with Gasteiger partial charge in [-0.1, -0.05) is 23.7 Å². The third-order valence-electron chi connectivity index (χ3n) is 2.74. The number of benzene rings is 2. The van der Waals surface area contributed by atoms with Crippen molar-refractivity contribution in [2.75, 3.05) is 5.32 Å². The van der Waals surface area contributed by atoms with E-state index >= 15 is 0 Å². The highest BCUT2D eigenvalue weighted by Gasteiger charge is 2.02. The Bertz CT molecular complexity index is 650. The number of rotatable bonds is 3. The van der Waals surface area contributed by atoms with Crippen molar-refractivity contribution in [2.45, 2.75) is 6.92 Å². The van der Waals surface area contributed by atoms with Gasteiger partial charge in [0.25, 0.3) is 0 Å². The van der Waals surface area contributed by atoms with E-state index in [1.165, 1.54) is 18.2 Å². The van der Waals surface area contributed by atoms with Gasteiger partial charge in [-0.2, -0.15) is 0 Å². The molecule has 0 saturated carbocycles. The topological polar surface area (TPSA) is 29.1 Å². The van der Waals surface area contributed by atoms with Crippen molar-refractivity contribution in [3.05, 3.63) is 70.5 Å². The molecule has 0 atom stereocenters. The van der Waals surface area contributed by atoms with E-state index in [2.05, 4.69) is 5.32 Å². The van der Waals surface area contributed by atoms with Crippen LogP contribution in [0.2, 0.25) is 5.02 Å². The Balaban J connectivity index is 2.03. The second-order valence-electron chi connectivity index (χ2n) is 4.33. The smallest absolute Gasteiger partial charge is 0.248 e. The maximum absolute atomic E-state index is 12.7. The lowest BCUT2D eigenvalue weighted by atomic mass is 10.2. The summed E-state index contributed by atoms with van der Waals surface area (Å²) in [7, 11) is 0. The van der Waals surface area contributed by atoms with E-state index in [-0.39, 0.29) is 11.7 Å². The number of hydrogen-bond donors (Lipinski definition) is 1. The van der Waals surface area contributed by atoms with Crippen LogP contribution < -0.4 is 5.32 Å². The Kier molecular flexibility index (Phi) is 4.53. The lowest BCUT2D eigenvalue weighted by molar-refractivity contribution is -0.111. The monoisotopic (exact) mass is 289 g/mol. The fourth-order valence-corrected chi connectivity index (χ4v) is 1.91. The Morgan fingerprint density at radius 3 is 2.55 bits per heavy atom. The second-order valence-corrected chi connectivity index (χ2v) is 4.77. The number of halogens is 2. The fraction of sp³-hybridized carbons (Fsp3) is 0.0625. The molecule has 4 heteroatoms. The molecule has 1 amide bonds. The fourth-order valence-electron chi connectivity index (χ4n) is 1.69. The van der Waals surface area contributed by atoms with Crippen molar-refractivity contribution in [1.29, 1.82) is 0 Å². The normalized spacial score (nSPS) is 10.8. The maximum atomic E-state index is 12.7. The minimum absolute atomic E-state index is 0.250. The Hall–Kier alpha value is -2.13. The average Bonchev–Trinajstić information content (AvgIpc) is 2.41. The van der Waals surface area contributed by atoms with Crippen molar-refractivity contribution in [3.8, 4) is 0 Å². The van der Waals surface area contributed by atoms with Gasteiger partial charge >= 0.3 is 0 Å². The quantitative estimate of drug-likeness (QED) is 0.832. The largest absolute Gasteiger partial charge is 0.322 e. The van der Waals surface area contributed by atoms with E-state index in [9.17, 15) is 9.18 Å². The first-order valence-corrected chi connectivity index (χ1v) is 6.43. The summed E-state index contributed by atoms with van der Waals surface area (Å²) < 4.78 is 12.7. The number of hydrogen-bond acceptors (Lipinski definition) is 1. The first-order valence-electron chi connectivity index (χ1n) is 6.05. The van der Waals surface area contributed by atoms with E-state index in [0.717, 1.165) is 11.1 Å². The molecule has 2 aromatic carbocycles. The van der Waals surface area contributed by atoms with Crippen LogP contribution in [0.5, 0.6) is 0 Å². The zero-order valence-electron chi connectivity index (χ0n) is 10.9. The molecule has 0 saturated heterocycles. The molecule has 2 rings (SSSR count). The van der Waals surface area contributed by atoms with Gasteiger partial charge in [0.2, 0.25) is 5.91 Å². The minimum Gasteiger partial charge on any atom is -0.322 e. The molecule has 2 nitrogen and oxygen atoms in total.